The Morgan fingerprint density at radius 1 is 0.935 bits per heavy atom. The molecule has 0 spiro atoms. The lowest BCUT2D eigenvalue weighted by Crippen LogP contribution is -2.53. The smallest absolute Gasteiger partial charge is 0.246 e. The van der Waals surface area contributed by atoms with E-state index < -0.39 is 46.8 Å². The summed E-state index contributed by atoms with van der Waals surface area (Å²) < 4.78 is 5.50. The van der Waals surface area contributed by atoms with Crippen molar-refractivity contribution in [3.63, 3.8) is 0 Å². The van der Waals surface area contributed by atoms with Crippen LogP contribution in [-0.4, -0.2) is 47.3 Å². The zero-order valence-corrected chi connectivity index (χ0v) is 26.8. The maximum Gasteiger partial charge on any atom is 0.246 e. The summed E-state index contributed by atoms with van der Waals surface area (Å²) in [6, 6.07) is 19.1. The summed E-state index contributed by atoms with van der Waals surface area (Å²) in [5.41, 5.74) is 0.899. The lowest BCUT2D eigenvalue weighted by atomic mass is 9.49. The summed E-state index contributed by atoms with van der Waals surface area (Å²) in [5, 5.41) is 11.1. The highest BCUT2D eigenvalue weighted by Crippen LogP contribution is 2.65. The number of ether oxygens (including phenoxy) is 1. The Labute approximate surface area is 276 Å². The Morgan fingerprint density at radius 3 is 2.39 bits per heavy atom. The van der Waals surface area contributed by atoms with Gasteiger partial charge in [-0.3, -0.25) is 24.1 Å². The Morgan fingerprint density at radius 2 is 1.70 bits per heavy atom. The molecule has 0 bridgehead atoms. The molecule has 8 nitrogen and oxygen atoms in total. The minimum atomic E-state index is -1.45. The number of benzene rings is 3. The van der Waals surface area contributed by atoms with E-state index in [1.54, 1.807) is 36.4 Å². The monoisotopic (exact) mass is 658 g/mol. The molecule has 4 aliphatic rings. The van der Waals surface area contributed by atoms with Crippen molar-refractivity contribution in [3.05, 3.63) is 99.6 Å². The summed E-state index contributed by atoms with van der Waals surface area (Å²) in [7, 11) is 1.41. The number of anilines is 1. The molecule has 3 aromatic rings. The number of imide groups is 2. The first-order valence-electron chi connectivity index (χ1n) is 15.5. The van der Waals surface area contributed by atoms with Gasteiger partial charge >= 0.3 is 0 Å². The van der Waals surface area contributed by atoms with Crippen molar-refractivity contribution in [1.29, 1.82) is 0 Å². The number of carbonyl (C=O) groups is 4. The second kappa shape index (κ2) is 11.3. The molecule has 0 unspecified atom stereocenters. The molecule has 4 amide bonds. The number of phenolic OH excluding ortho intramolecular Hbond substituents is 1. The SMILES string of the molecule is CCCN1C(=O)[C@H]2[C@H](CC=C3[C@H]2C[C@H]2C(=O)N(c4cccc(Cl)c4)C(=O)[C@@]2(c2ccccc2)[C@H]3c2cc(Cl)c(O)c(OC)c2)C1=O. The van der Waals surface area contributed by atoms with Crippen LogP contribution in [0.15, 0.2) is 78.4 Å². The van der Waals surface area contributed by atoms with Crippen LogP contribution in [0.5, 0.6) is 11.5 Å². The van der Waals surface area contributed by atoms with Gasteiger partial charge in [0.1, 0.15) is 0 Å². The van der Waals surface area contributed by atoms with Crippen LogP contribution < -0.4 is 9.64 Å². The Bertz CT molecular complexity index is 1830. The number of allylic oxidation sites excluding steroid dienone is 2. The van der Waals surface area contributed by atoms with E-state index in [4.69, 9.17) is 27.9 Å². The number of carbonyl (C=O) groups excluding carboxylic acids is 4. The Balaban J connectivity index is 1.52. The number of likely N-dealkylation sites (tertiary alicyclic amines) is 1. The second-order valence-corrected chi connectivity index (χ2v) is 13.3. The van der Waals surface area contributed by atoms with Crippen LogP contribution in [0.4, 0.5) is 5.69 Å². The fourth-order valence-corrected chi connectivity index (χ4v) is 8.95. The fourth-order valence-electron chi connectivity index (χ4n) is 8.54. The van der Waals surface area contributed by atoms with Crippen LogP contribution in [0.3, 0.4) is 0 Å². The van der Waals surface area contributed by atoms with Gasteiger partial charge in [-0.15, -0.1) is 0 Å². The van der Waals surface area contributed by atoms with Crippen molar-refractivity contribution in [3.8, 4) is 11.5 Å². The van der Waals surface area contributed by atoms with Gasteiger partial charge in [0.25, 0.3) is 0 Å². The van der Waals surface area contributed by atoms with Gasteiger partial charge in [0, 0.05) is 17.5 Å². The maximum absolute atomic E-state index is 15.2. The molecule has 0 aromatic heterocycles. The molecule has 236 valence electrons. The molecule has 3 aromatic carbocycles. The average molecular weight is 660 g/mol. The van der Waals surface area contributed by atoms with Gasteiger partial charge in [0.05, 0.1) is 41.0 Å². The Hall–Kier alpha value is -4.14. The molecule has 1 saturated carbocycles. The average Bonchev–Trinajstić information content (AvgIpc) is 3.43. The summed E-state index contributed by atoms with van der Waals surface area (Å²) >= 11 is 12.9. The molecule has 7 rings (SSSR count). The summed E-state index contributed by atoms with van der Waals surface area (Å²) in [5.74, 6) is -4.74. The molecule has 46 heavy (non-hydrogen) atoms. The summed E-state index contributed by atoms with van der Waals surface area (Å²) in [6.07, 6.45) is 3.15. The lowest BCUT2D eigenvalue weighted by Gasteiger charge is -2.50. The molecule has 2 heterocycles. The van der Waals surface area contributed by atoms with Gasteiger partial charge in [-0.25, -0.2) is 4.90 Å². The van der Waals surface area contributed by atoms with Gasteiger partial charge in [0.15, 0.2) is 11.5 Å². The predicted molar refractivity (Wildman–Crippen MR) is 173 cm³/mol. The van der Waals surface area contributed by atoms with Crippen LogP contribution in [0, 0.1) is 23.7 Å². The number of phenols is 1. The normalized spacial score (nSPS) is 28.6. The molecule has 0 radical (unpaired) electrons. The minimum absolute atomic E-state index is 0.0234. The van der Waals surface area contributed by atoms with Crippen molar-refractivity contribution >= 4 is 52.5 Å². The highest BCUT2D eigenvalue weighted by Gasteiger charge is 2.70. The van der Waals surface area contributed by atoms with Gasteiger partial charge < -0.3 is 9.84 Å². The zero-order chi connectivity index (χ0) is 32.5. The van der Waals surface area contributed by atoms with Crippen LogP contribution in [0.1, 0.15) is 43.2 Å². The van der Waals surface area contributed by atoms with Crippen molar-refractivity contribution in [2.75, 3.05) is 18.6 Å². The quantitative estimate of drug-likeness (QED) is 0.247. The van der Waals surface area contributed by atoms with Crippen LogP contribution >= 0.6 is 23.2 Å². The highest BCUT2D eigenvalue weighted by atomic mass is 35.5. The number of amides is 4. The lowest BCUT2D eigenvalue weighted by molar-refractivity contribution is -0.140. The molecule has 3 fully saturated rings. The zero-order valence-electron chi connectivity index (χ0n) is 25.3. The summed E-state index contributed by atoms with van der Waals surface area (Å²) in [6.45, 7) is 2.25. The standard InChI is InChI=1S/C36H32Cl2N2O6/c1-3-14-39-32(42)24-13-12-23-25(29(24)34(39)44)18-26-33(43)40(22-11-7-10-21(37)17-22)35(45)36(26,20-8-5-4-6-9-20)30(23)19-15-27(38)31(41)28(16-19)46-2/h4-12,15-17,24-26,29-30,41H,3,13-14,18H2,1-2H3/t24-,25+,26-,29-,30-,36+/m0/s1. The third kappa shape index (κ3) is 4.19. The van der Waals surface area contributed by atoms with E-state index in [1.165, 1.54) is 16.9 Å². The predicted octanol–water partition coefficient (Wildman–Crippen LogP) is 6.28. The minimum Gasteiger partial charge on any atom is -0.503 e. The molecule has 2 saturated heterocycles. The topological polar surface area (TPSA) is 104 Å². The van der Waals surface area contributed by atoms with Crippen molar-refractivity contribution in [1.82, 2.24) is 4.90 Å². The van der Waals surface area contributed by atoms with E-state index in [9.17, 15) is 19.5 Å². The molecule has 2 aliphatic carbocycles. The number of rotatable bonds is 6. The molecule has 10 heteroatoms. The van der Waals surface area contributed by atoms with Crippen LogP contribution in [0.25, 0.3) is 0 Å². The number of nitrogens with zero attached hydrogens (tertiary/aromatic N) is 2. The van der Waals surface area contributed by atoms with Crippen molar-refractivity contribution in [2.24, 2.45) is 23.7 Å². The van der Waals surface area contributed by atoms with Crippen LogP contribution in [0.2, 0.25) is 10.0 Å². The molecule has 1 N–H and O–H groups in total. The van der Waals surface area contributed by atoms with E-state index in [2.05, 4.69) is 0 Å². The van der Waals surface area contributed by atoms with E-state index >= 15 is 4.79 Å². The second-order valence-electron chi connectivity index (χ2n) is 12.5. The van der Waals surface area contributed by atoms with E-state index in [0.29, 0.717) is 41.2 Å². The van der Waals surface area contributed by atoms with E-state index in [-0.39, 0.29) is 34.8 Å². The molecule has 2 aliphatic heterocycles. The van der Waals surface area contributed by atoms with Crippen molar-refractivity contribution in [2.45, 2.75) is 37.5 Å². The van der Waals surface area contributed by atoms with E-state index in [1.807, 2.05) is 43.3 Å². The van der Waals surface area contributed by atoms with E-state index in [0.717, 1.165) is 5.57 Å². The largest absolute Gasteiger partial charge is 0.503 e. The summed E-state index contributed by atoms with van der Waals surface area (Å²) in [4.78, 5) is 60.0. The van der Waals surface area contributed by atoms with Crippen LogP contribution in [-0.2, 0) is 24.6 Å². The number of aromatic hydroxyl groups is 1. The van der Waals surface area contributed by atoms with Gasteiger partial charge in [-0.05, 0) is 66.6 Å². The number of halogens is 2. The highest BCUT2D eigenvalue weighted by molar-refractivity contribution is 6.33. The molecular formula is C36H32Cl2N2O6. The first-order chi connectivity index (χ1) is 22.1. The molecule has 6 atom stereocenters. The van der Waals surface area contributed by atoms with Crippen molar-refractivity contribution < 1.29 is 29.0 Å². The Kier molecular flexibility index (Phi) is 7.48. The van der Waals surface area contributed by atoms with Gasteiger partial charge in [-0.2, -0.15) is 0 Å². The number of methoxy groups -OCH3 is 1. The first kappa shape index (κ1) is 30.5. The molecular weight excluding hydrogens is 627 g/mol. The van der Waals surface area contributed by atoms with Gasteiger partial charge in [-0.1, -0.05) is 78.2 Å². The van der Waals surface area contributed by atoms with Gasteiger partial charge in [0.2, 0.25) is 23.6 Å². The number of hydrogen-bond acceptors (Lipinski definition) is 6. The first-order valence-corrected chi connectivity index (χ1v) is 16.2. The fraction of sp³-hybridized carbons (Fsp3) is 0.333. The third-order valence-electron chi connectivity index (χ3n) is 10.3. The number of hydrogen-bond donors (Lipinski definition) is 1. The maximum atomic E-state index is 15.2. The number of fused-ring (bicyclic) bond motifs is 4. The third-order valence-corrected chi connectivity index (χ3v) is 10.8.